The van der Waals surface area contributed by atoms with Gasteiger partial charge < -0.3 is 10.8 Å². The van der Waals surface area contributed by atoms with Crippen molar-refractivity contribution < 1.29 is 18.3 Å². The summed E-state index contributed by atoms with van der Waals surface area (Å²) in [4.78, 5) is 0. The zero-order chi connectivity index (χ0) is 15.6. The smallest absolute Gasteiger partial charge is 0.145 e. The molecule has 0 fully saturated rings. The van der Waals surface area contributed by atoms with Crippen LogP contribution in [-0.2, 0) is 0 Å². The first-order valence-electron chi connectivity index (χ1n) is 6.22. The van der Waals surface area contributed by atoms with Crippen LogP contribution >= 0.6 is 11.6 Å². The molecule has 0 radical (unpaired) electrons. The van der Waals surface area contributed by atoms with Crippen molar-refractivity contribution in [2.45, 2.75) is 12.0 Å². The van der Waals surface area contributed by atoms with E-state index in [-0.39, 0.29) is 22.7 Å². The van der Waals surface area contributed by atoms with Crippen molar-refractivity contribution in [3.05, 3.63) is 70.0 Å². The molecule has 2 aromatic carbocycles. The molecule has 6 heteroatoms. The molecule has 0 saturated heterocycles. The summed E-state index contributed by atoms with van der Waals surface area (Å²) in [6.45, 7) is -0.158. The van der Waals surface area contributed by atoms with E-state index in [0.29, 0.717) is 0 Å². The Bertz CT molecular complexity index is 651. The Hall–Kier alpha value is -1.56. The van der Waals surface area contributed by atoms with Crippen LogP contribution in [0.2, 0.25) is 5.02 Å². The lowest BCUT2D eigenvalue weighted by molar-refractivity contribution is 0.141. The van der Waals surface area contributed by atoms with E-state index < -0.39 is 29.5 Å². The highest BCUT2D eigenvalue weighted by Gasteiger charge is 2.27. The van der Waals surface area contributed by atoms with Gasteiger partial charge in [0.25, 0.3) is 0 Å². The van der Waals surface area contributed by atoms with E-state index in [2.05, 4.69) is 0 Å². The van der Waals surface area contributed by atoms with Gasteiger partial charge in [-0.05, 0) is 29.8 Å². The maximum atomic E-state index is 14.0. The molecule has 0 aliphatic carbocycles. The molecule has 2 nitrogen and oxygen atoms in total. The van der Waals surface area contributed by atoms with Gasteiger partial charge in [-0.1, -0.05) is 23.7 Å². The molecule has 3 N–H and O–H groups in total. The van der Waals surface area contributed by atoms with Gasteiger partial charge in [-0.2, -0.15) is 0 Å². The first-order valence-corrected chi connectivity index (χ1v) is 6.60. The van der Waals surface area contributed by atoms with Gasteiger partial charge in [0.2, 0.25) is 0 Å². The molecular formula is C15H13ClF3NO. The highest BCUT2D eigenvalue weighted by Crippen LogP contribution is 2.34. The summed E-state index contributed by atoms with van der Waals surface area (Å²) >= 11 is 5.69. The second-order valence-corrected chi connectivity index (χ2v) is 5.00. The number of benzene rings is 2. The zero-order valence-electron chi connectivity index (χ0n) is 10.9. The van der Waals surface area contributed by atoms with Crippen molar-refractivity contribution in [1.29, 1.82) is 0 Å². The molecule has 2 aromatic rings. The van der Waals surface area contributed by atoms with E-state index in [9.17, 15) is 18.3 Å². The van der Waals surface area contributed by atoms with Crippen molar-refractivity contribution in [2.24, 2.45) is 5.73 Å². The van der Waals surface area contributed by atoms with Gasteiger partial charge in [-0.15, -0.1) is 0 Å². The molecule has 0 aromatic heterocycles. The SMILES string of the molecule is NCC(c1cccc(Cl)c1F)C(O)c1cc(F)ccc1F. The Balaban J connectivity index is 2.45. The Morgan fingerprint density at radius 3 is 2.48 bits per heavy atom. The lowest BCUT2D eigenvalue weighted by Gasteiger charge is -2.23. The van der Waals surface area contributed by atoms with Crippen molar-refractivity contribution in [3.8, 4) is 0 Å². The third-order valence-electron chi connectivity index (χ3n) is 3.29. The highest BCUT2D eigenvalue weighted by molar-refractivity contribution is 6.30. The summed E-state index contributed by atoms with van der Waals surface area (Å²) in [6, 6.07) is 6.95. The summed E-state index contributed by atoms with van der Waals surface area (Å²) in [6.07, 6.45) is -1.49. The predicted molar refractivity (Wildman–Crippen MR) is 74.5 cm³/mol. The monoisotopic (exact) mass is 315 g/mol. The molecule has 2 rings (SSSR count). The van der Waals surface area contributed by atoms with Crippen LogP contribution in [0, 0.1) is 17.5 Å². The number of aliphatic hydroxyl groups excluding tert-OH is 1. The number of halogens is 4. The maximum absolute atomic E-state index is 14.0. The number of rotatable bonds is 4. The van der Waals surface area contributed by atoms with E-state index >= 15 is 0 Å². The van der Waals surface area contributed by atoms with Gasteiger partial charge in [0, 0.05) is 18.0 Å². The first-order chi connectivity index (χ1) is 9.95. The van der Waals surface area contributed by atoms with Crippen LogP contribution in [0.4, 0.5) is 13.2 Å². The third-order valence-corrected chi connectivity index (χ3v) is 3.58. The number of aliphatic hydroxyl groups is 1. The lowest BCUT2D eigenvalue weighted by Crippen LogP contribution is -2.22. The minimum Gasteiger partial charge on any atom is -0.388 e. The molecule has 112 valence electrons. The van der Waals surface area contributed by atoms with Crippen LogP contribution in [0.3, 0.4) is 0 Å². The molecule has 0 aliphatic rings. The van der Waals surface area contributed by atoms with Gasteiger partial charge in [-0.3, -0.25) is 0 Å². The van der Waals surface area contributed by atoms with Crippen molar-refractivity contribution in [2.75, 3.05) is 6.54 Å². The average Bonchev–Trinajstić information content (AvgIpc) is 2.46. The fraction of sp³-hybridized carbons (Fsp3) is 0.200. The second kappa shape index (κ2) is 6.47. The van der Waals surface area contributed by atoms with Gasteiger partial charge in [0.15, 0.2) is 0 Å². The highest BCUT2D eigenvalue weighted by atomic mass is 35.5. The van der Waals surface area contributed by atoms with Crippen LogP contribution in [0.25, 0.3) is 0 Å². The van der Waals surface area contributed by atoms with E-state index in [4.69, 9.17) is 17.3 Å². The van der Waals surface area contributed by atoms with Crippen LogP contribution in [-0.4, -0.2) is 11.7 Å². The Kier molecular flexibility index (Phi) is 4.88. The average molecular weight is 316 g/mol. The Morgan fingerprint density at radius 2 is 1.81 bits per heavy atom. The van der Waals surface area contributed by atoms with Crippen LogP contribution < -0.4 is 5.73 Å². The van der Waals surface area contributed by atoms with Gasteiger partial charge in [0.1, 0.15) is 17.5 Å². The summed E-state index contributed by atoms with van der Waals surface area (Å²) in [7, 11) is 0. The Morgan fingerprint density at radius 1 is 1.10 bits per heavy atom. The fourth-order valence-electron chi connectivity index (χ4n) is 2.19. The topological polar surface area (TPSA) is 46.2 Å². The lowest BCUT2D eigenvalue weighted by atomic mass is 9.88. The quantitative estimate of drug-likeness (QED) is 0.906. The van der Waals surface area contributed by atoms with Gasteiger partial charge in [-0.25, -0.2) is 13.2 Å². The summed E-state index contributed by atoms with van der Waals surface area (Å²) in [5.74, 6) is -3.16. The van der Waals surface area contributed by atoms with Crippen molar-refractivity contribution >= 4 is 11.6 Å². The van der Waals surface area contributed by atoms with Crippen molar-refractivity contribution in [1.82, 2.24) is 0 Å². The van der Waals surface area contributed by atoms with Gasteiger partial charge in [0.05, 0.1) is 11.1 Å². The molecule has 0 spiro atoms. The Labute approximate surface area is 125 Å². The fourth-order valence-corrected chi connectivity index (χ4v) is 2.37. The minimum atomic E-state index is -1.49. The van der Waals surface area contributed by atoms with E-state index in [1.807, 2.05) is 0 Å². The normalized spacial score (nSPS) is 14.0. The number of nitrogens with two attached hydrogens (primary N) is 1. The van der Waals surface area contributed by atoms with Crippen LogP contribution in [0.5, 0.6) is 0 Å². The van der Waals surface area contributed by atoms with Crippen LogP contribution in [0.1, 0.15) is 23.1 Å². The van der Waals surface area contributed by atoms with Gasteiger partial charge >= 0.3 is 0 Å². The molecule has 0 aliphatic heterocycles. The van der Waals surface area contributed by atoms with Crippen molar-refractivity contribution in [3.63, 3.8) is 0 Å². The molecule has 2 unspecified atom stereocenters. The minimum absolute atomic E-state index is 0.0566. The molecule has 21 heavy (non-hydrogen) atoms. The third kappa shape index (κ3) is 3.20. The second-order valence-electron chi connectivity index (χ2n) is 4.60. The molecule has 0 amide bonds. The molecule has 0 heterocycles. The maximum Gasteiger partial charge on any atom is 0.145 e. The van der Waals surface area contributed by atoms with E-state index in [1.165, 1.54) is 18.2 Å². The zero-order valence-corrected chi connectivity index (χ0v) is 11.6. The molecule has 2 atom stereocenters. The molecule has 0 saturated carbocycles. The summed E-state index contributed by atoms with van der Waals surface area (Å²) in [5.41, 5.74) is 5.35. The van der Waals surface area contributed by atoms with Crippen LogP contribution in [0.15, 0.2) is 36.4 Å². The number of hydrogen-bond acceptors (Lipinski definition) is 2. The number of hydrogen-bond donors (Lipinski definition) is 2. The first kappa shape index (κ1) is 15.8. The van der Waals surface area contributed by atoms with E-state index in [1.54, 1.807) is 0 Å². The predicted octanol–water partition coefficient (Wildman–Crippen LogP) is 3.53. The summed E-state index contributed by atoms with van der Waals surface area (Å²) < 4.78 is 41.0. The summed E-state index contributed by atoms with van der Waals surface area (Å²) in [5, 5.41) is 10.1. The molecule has 0 bridgehead atoms. The standard InChI is InChI=1S/C15H13ClF3NO/c16-12-3-1-2-9(14(12)19)11(7-20)15(21)10-6-8(17)4-5-13(10)18/h1-6,11,15,21H,7,20H2. The molecular weight excluding hydrogens is 303 g/mol. The van der Waals surface area contributed by atoms with E-state index in [0.717, 1.165) is 18.2 Å². The largest absolute Gasteiger partial charge is 0.388 e.